The quantitative estimate of drug-likeness (QED) is 0.788. The fourth-order valence-electron chi connectivity index (χ4n) is 1.38. The first-order valence-electron chi connectivity index (χ1n) is 4.71. The van der Waals surface area contributed by atoms with E-state index in [1.165, 1.54) is 0 Å². The van der Waals surface area contributed by atoms with Gasteiger partial charge in [-0.1, -0.05) is 24.3 Å². The van der Waals surface area contributed by atoms with Crippen LogP contribution in [0.2, 0.25) is 0 Å². The summed E-state index contributed by atoms with van der Waals surface area (Å²) in [5, 5.41) is 9.85. The molecule has 0 aliphatic carbocycles. The highest BCUT2D eigenvalue weighted by molar-refractivity contribution is 5.79. The lowest BCUT2D eigenvalue weighted by molar-refractivity contribution is 0.132. The molecule has 0 unspecified atom stereocenters. The van der Waals surface area contributed by atoms with E-state index in [1.807, 2.05) is 18.2 Å². The number of nitrogens with zero attached hydrogens (tertiary/aromatic N) is 1. The minimum absolute atomic E-state index is 0.316. The van der Waals surface area contributed by atoms with Gasteiger partial charge in [-0.25, -0.2) is 13.8 Å². The minimum atomic E-state index is -2.87. The van der Waals surface area contributed by atoms with Gasteiger partial charge in [0.05, 0.1) is 11.2 Å². The van der Waals surface area contributed by atoms with E-state index in [9.17, 15) is 8.78 Å². The molecule has 0 radical (unpaired) electrons. The number of para-hydroxylation sites is 1. The SMILES string of the molecule is O/C(=C\c1ccc2ccccc2n1)C(F)F. The molecule has 2 rings (SSSR count). The molecule has 0 bridgehead atoms. The predicted octanol–water partition coefficient (Wildman–Crippen LogP) is 3.40. The monoisotopic (exact) mass is 221 g/mol. The van der Waals surface area contributed by atoms with Crippen molar-refractivity contribution in [2.45, 2.75) is 6.43 Å². The van der Waals surface area contributed by atoms with Gasteiger partial charge in [0.1, 0.15) is 0 Å². The van der Waals surface area contributed by atoms with E-state index in [4.69, 9.17) is 5.11 Å². The van der Waals surface area contributed by atoms with E-state index < -0.39 is 12.2 Å². The standard InChI is InChI=1S/C12H9F2NO/c13-12(14)11(16)7-9-6-5-8-3-1-2-4-10(8)15-9/h1-7,12,16H/b11-7-. The van der Waals surface area contributed by atoms with Crippen molar-refractivity contribution >= 4 is 17.0 Å². The van der Waals surface area contributed by atoms with Crippen molar-refractivity contribution in [2.24, 2.45) is 0 Å². The number of hydrogen-bond donors (Lipinski definition) is 1. The summed E-state index contributed by atoms with van der Waals surface area (Å²) in [7, 11) is 0. The van der Waals surface area contributed by atoms with E-state index in [0.29, 0.717) is 11.2 Å². The zero-order valence-electron chi connectivity index (χ0n) is 8.27. The molecule has 0 saturated heterocycles. The maximum Gasteiger partial charge on any atom is 0.294 e. The molecule has 0 aliphatic rings. The Morgan fingerprint density at radius 1 is 1.19 bits per heavy atom. The van der Waals surface area contributed by atoms with Crippen LogP contribution in [0.3, 0.4) is 0 Å². The maximum absolute atomic E-state index is 12.1. The summed E-state index contributed by atoms with van der Waals surface area (Å²) in [6.07, 6.45) is -1.90. The van der Waals surface area contributed by atoms with E-state index in [0.717, 1.165) is 11.5 Å². The molecule has 2 aromatic rings. The van der Waals surface area contributed by atoms with Crippen molar-refractivity contribution in [3.8, 4) is 0 Å². The molecule has 0 aliphatic heterocycles. The first-order valence-corrected chi connectivity index (χ1v) is 4.71. The van der Waals surface area contributed by atoms with Crippen molar-refractivity contribution in [3.63, 3.8) is 0 Å². The second-order valence-corrected chi connectivity index (χ2v) is 3.30. The molecule has 0 fully saturated rings. The third-order valence-electron chi connectivity index (χ3n) is 2.14. The van der Waals surface area contributed by atoms with Crippen LogP contribution in [0.15, 0.2) is 42.2 Å². The van der Waals surface area contributed by atoms with E-state index in [-0.39, 0.29) is 0 Å². The number of aliphatic hydroxyl groups excluding tert-OH is 1. The van der Waals surface area contributed by atoms with Gasteiger partial charge in [0.15, 0.2) is 5.76 Å². The van der Waals surface area contributed by atoms with Crippen molar-refractivity contribution in [3.05, 3.63) is 47.9 Å². The fraction of sp³-hybridized carbons (Fsp3) is 0.0833. The number of benzene rings is 1. The lowest BCUT2D eigenvalue weighted by Gasteiger charge is -2.00. The highest BCUT2D eigenvalue weighted by Gasteiger charge is 2.08. The van der Waals surface area contributed by atoms with Crippen LogP contribution in [-0.4, -0.2) is 16.5 Å². The Morgan fingerprint density at radius 2 is 1.94 bits per heavy atom. The molecule has 0 saturated carbocycles. The van der Waals surface area contributed by atoms with Gasteiger partial charge in [-0.15, -0.1) is 0 Å². The Hall–Kier alpha value is -1.97. The molecule has 4 heteroatoms. The Kier molecular flexibility index (Phi) is 2.81. The van der Waals surface area contributed by atoms with Crippen molar-refractivity contribution < 1.29 is 13.9 Å². The molecule has 0 spiro atoms. The van der Waals surface area contributed by atoms with Crippen molar-refractivity contribution in [1.82, 2.24) is 4.98 Å². The number of halogens is 2. The molecular formula is C12H9F2NO. The smallest absolute Gasteiger partial charge is 0.294 e. The van der Waals surface area contributed by atoms with Crippen LogP contribution in [0.5, 0.6) is 0 Å². The molecule has 82 valence electrons. The summed E-state index contributed by atoms with van der Waals surface area (Å²) in [5.74, 6) is -0.970. The van der Waals surface area contributed by atoms with Gasteiger partial charge in [0, 0.05) is 11.5 Å². The summed E-state index contributed by atoms with van der Waals surface area (Å²) < 4.78 is 24.2. The van der Waals surface area contributed by atoms with Crippen molar-refractivity contribution in [1.29, 1.82) is 0 Å². The number of fused-ring (bicyclic) bond motifs is 1. The first-order chi connectivity index (χ1) is 7.66. The highest BCUT2D eigenvalue weighted by atomic mass is 19.3. The van der Waals surface area contributed by atoms with Crippen LogP contribution in [0, 0.1) is 0 Å². The lowest BCUT2D eigenvalue weighted by atomic mass is 10.2. The number of hydrogen-bond acceptors (Lipinski definition) is 2. The first kappa shape index (κ1) is 10.5. The highest BCUT2D eigenvalue weighted by Crippen LogP contribution is 2.15. The molecule has 0 amide bonds. The maximum atomic E-state index is 12.1. The number of allylic oxidation sites excluding steroid dienone is 1. The Bertz CT molecular complexity index is 537. The summed E-state index contributed by atoms with van der Waals surface area (Å²) in [6, 6.07) is 10.7. The van der Waals surface area contributed by atoms with Crippen LogP contribution >= 0.6 is 0 Å². The fourth-order valence-corrected chi connectivity index (χ4v) is 1.38. The molecule has 2 nitrogen and oxygen atoms in total. The van der Waals surface area contributed by atoms with E-state index in [2.05, 4.69) is 4.98 Å². The van der Waals surface area contributed by atoms with Gasteiger partial charge < -0.3 is 5.11 Å². The Labute approximate surface area is 90.9 Å². The number of aromatic nitrogens is 1. The molecular weight excluding hydrogens is 212 g/mol. The molecule has 0 atom stereocenters. The number of pyridine rings is 1. The summed E-state index contributed by atoms with van der Waals surface area (Å²) in [6.45, 7) is 0. The van der Waals surface area contributed by atoms with Crippen molar-refractivity contribution in [2.75, 3.05) is 0 Å². The van der Waals surface area contributed by atoms with Crippen LogP contribution in [0.1, 0.15) is 5.69 Å². The molecule has 1 heterocycles. The summed E-state index contributed by atoms with van der Waals surface area (Å²) in [4.78, 5) is 4.13. The van der Waals surface area contributed by atoms with Gasteiger partial charge in [0.2, 0.25) is 0 Å². The third kappa shape index (κ3) is 2.16. The van der Waals surface area contributed by atoms with Crippen LogP contribution in [0.25, 0.3) is 17.0 Å². The predicted molar refractivity (Wildman–Crippen MR) is 58.4 cm³/mol. The van der Waals surface area contributed by atoms with E-state index >= 15 is 0 Å². The molecule has 1 aromatic carbocycles. The van der Waals surface area contributed by atoms with Gasteiger partial charge in [-0.05, 0) is 12.1 Å². The normalized spacial score (nSPS) is 12.3. The largest absolute Gasteiger partial charge is 0.506 e. The molecule has 16 heavy (non-hydrogen) atoms. The zero-order chi connectivity index (χ0) is 11.5. The Balaban J connectivity index is 2.44. The van der Waals surface area contributed by atoms with Crippen LogP contribution in [0.4, 0.5) is 8.78 Å². The number of rotatable bonds is 2. The summed E-state index contributed by atoms with van der Waals surface area (Å²) in [5.41, 5.74) is 1.02. The molecule has 1 N–H and O–H groups in total. The molecule has 1 aromatic heterocycles. The minimum Gasteiger partial charge on any atom is -0.506 e. The average Bonchev–Trinajstić information content (AvgIpc) is 2.28. The summed E-state index contributed by atoms with van der Waals surface area (Å²) >= 11 is 0. The number of aliphatic hydroxyl groups is 1. The second kappa shape index (κ2) is 4.26. The number of alkyl halides is 2. The van der Waals surface area contributed by atoms with E-state index in [1.54, 1.807) is 18.2 Å². The van der Waals surface area contributed by atoms with Crippen LogP contribution in [-0.2, 0) is 0 Å². The van der Waals surface area contributed by atoms with Gasteiger partial charge in [0.25, 0.3) is 6.43 Å². The van der Waals surface area contributed by atoms with Gasteiger partial charge >= 0.3 is 0 Å². The van der Waals surface area contributed by atoms with Crippen LogP contribution < -0.4 is 0 Å². The topological polar surface area (TPSA) is 33.1 Å². The van der Waals surface area contributed by atoms with Gasteiger partial charge in [-0.2, -0.15) is 0 Å². The Morgan fingerprint density at radius 3 is 2.69 bits per heavy atom. The lowest BCUT2D eigenvalue weighted by Crippen LogP contribution is -1.95. The average molecular weight is 221 g/mol. The van der Waals surface area contributed by atoms with Gasteiger partial charge in [-0.3, -0.25) is 0 Å². The third-order valence-corrected chi connectivity index (χ3v) is 2.14. The zero-order valence-corrected chi connectivity index (χ0v) is 8.27. The second-order valence-electron chi connectivity index (χ2n) is 3.30.